The van der Waals surface area contributed by atoms with Gasteiger partial charge < -0.3 is 0 Å². The lowest BCUT2D eigenvalue weighted by Crippen LogP contribution is -2.01. The summed E-state index contributed by atoms with van der Waals surface area (Å²) in [5, 5.41) is 8.53. The zero-order chi connectivity index (χ0) is 12.3. The molecule has 0 fully saturated rings. The van der Waals surface area contributed by atoms with Crippen LogP contribution in [0.2, 0.25) is 0 Å². The lowest BCUT2D eigenvalue weighted by Gasteiger charge is -2.01. The van der Waals surface area contributed by atoms with Crippen molar-refractivity contribution in [1.29, 1.82) is 0 Å². The summed E-state index contributed by atoms with van der Waals surface area (Å²) >= 11 is 6.16. The van der Waals surface area contributed by atoms with Crippen LogP contribution >= 0.6 is 11.6 Å². The monoisotopic (exact) mass is 252 g/mol. The molecule has 0 aliphatic heterocycles. The summed E-state index contributed by atoms with van der Waals surface area (Å²) in [7, 11) is 1.93. The molecule has 0 aliphatic rings. The van der Waals surface area contributed by atoms with Gasteiger partial charge in [0.2, 0.25) is 0 Å². The fourth-order valence-corrected chi connectivity index (χ4v) is 1.86. The van der Waals surface area contributed by atoms with Gasteiger partial charge in [-0.2, -0.15) is 10.2 Å². The van der Waals surface area contributed by atoms with Crippen molar-refractivity contribution in [3.63, 3.8) is 0 Å². The van der Waals surface area contributed by atoms with Crippen LogP contribution in [0.15, 0.2) is 24.8 Å². The maximum absolute atomic E-state index is 6.16. The summed E-state index contributed by atoms with van der Waals surface area (Å²) in [6, 6.07) is 0. The molecule has 1 atom stereocenters. The average Bonchev–Trinajstić information content (AvgIpc) is 2.94. The van der Waals surface area contributed by atoms with Gasteiger partial charge >= 0.3 is 0 Å². The second-order valence-electron chi connectivity index (χ2n) is 4.18. The topological polar surface area (TPSA) is 35.6 Å². The lowest BCUT2D eigenvalue weighted by atomic mass is 10.2. The fourth-order valence-electron chi connectivity index (χ4n) is 1.74. The average molecular weight is 253 g/mol. The molecule has 2 aromatic heterocycles. The SMILES string of the molecule is CCC(Cl)c1cnn(CCc2cnn(C)c2)c1. The number of aryl methyl sites for hydroxylation is 3. The van der Waals surface area contributed by atoms with E-state index in [0.717, 1.165) is 24.9 Å². The second-order valence-corrected chi connectivity index (χ2v) is 4.71. The summed E-state index contributed by atoms with van der Waals surface area (Å²) < 4.78 is 3.75. The number of hydrogen-bond acceptors (Lipinski definition) is 2. The van der Waals surface area contributed by atoms with Crippen molar-refractivity contribution >= 4 is 11.6 Å². The van der Waals surface area contributed by atoms with Crippen molar-refractivity contribution in [3.8, 4) is 0 Å². The van der Waals surface area contributed by atoms with Crippen LogP contribution in [-0.4, -0.2) is 19.6 Å². The Morgan fingerprint density at radius 3 is 2.76 bits per heavy atom. The van der Waals surface area contributed by atoms with E-state index in [0.29, 0.717) is 0 Å². The van der Waals surface area contributed by atoms with Gasteiger partial charge in [0.15, 0.2) is 0 Å². The number of rotatable bonds is 5. The van der Waals surface area contributed by atoms with Crippen LogP contribution in [0, 0.1) is 0 Å². The number of halogens is 1. The zero-order valence-electron chi connectivity index (χ0n) is 10.2. The van der Waals surface area contributed by atoms with Crippen molar-refractivity contribution in [2.45, 2.75) is 31.7 Å². The highest BCUT2D eigenvalue weighted by Crippen LogP contribution is 2.22. The summed E-state index contributed by atoms with van der Waals surface area (Å²) in [5.74, 6) is 0. The minimum atomic E-state index is 0.0714. The molecule has 0 saturated carbocycles. The highest BCUT2D eigenvalue weighted by molar-refractivity contribution is 6.20. The molecule has 1 unspecified atom stereocenters. The number of hydrogen-bond donors (Lipinski definition) is 0. The van der Waals surface area contributed by atoms with E-state index in [9.17, 15) is 0 Å². The first-order chi connectivity index (χ1) is 8.19. The molecule has 0 saturated heterocycles. The van der Waals surface area contributed by atoms with Gasteiger partial charge in [-0.15, -0.1) is 11.6 Å². The summed E-state index contributed by atoms with van der Waals surface area (Å²) in [5.41, 5.74) is 2.32. The molecule has 2 heterocycles. The standard InChI is InChI=1S/C12H17ClN4/c1-3-12(13)11-7-15-17(9-11)5-4-10-6-14-16(2)8-10/h6-9,12H,3-5H2,1-2H3. The van der Waals surface area contributed by atoms with Crippen LogP contribution in [0.3, 0.4) is 0 Å². The van der Waals surface area contributed by atoms with E-state index in [1.54, 1.807) is 0 Å². The first kappa shape index (κ1) is 12.2. The first-order valence-corrected chi connectivity index (χ1v) is 6.26. The second kappa shape index (κ2) is 5.36. The van der Waals surface area contributed by atoms with Crippen LogP contribution < -0.4 is 0 Å². The van der Waals surface area contributed by atoms with Crippen LogP contribution in [0.5, 0.6) is 0 Å². The third kappa shape index (κ3) is 3.09. The van der Waals surface area contributed by atoms with Crippen molar-refractivity contribution in [2.24, 2.45) is 7.05 Å². The van der Waals surface area contributed by atoms with Crippen LogP contribution in [0.4, 0.5) is 0 Å². The van der Waals surface area contributed by atoms with E-state index in [4.69, 9.17) is 11.6 Å². The molecule has 92 valence electrons. The molecule has 4 nitrogen and oxygen atoms in total. The molecule has 0 aliphatic carbocycles. The molecule has 0 amide bonds. The van der Waals surface area contributed by atoms with Gasteiger partial charge in [0, 0.05) is 31.5 Å². The first-order valence-electron chi connectivity index (χ1n) is 5.83. The quantitative estimate of drug-likeness (QED) is 0.767. The van der Waals surface area contributed by atoms with Gasteiger partial charge in [-0.3, -0.25) is 9.36 Å². The molecule has 5 heteroatoms. The Kier molecular flexibility index (Phi) is 3.84. The van der Waals surface area contributed by atoms with Gasteiger partial charge in [0.05, 0.1) is 17.8 Å². The van der Waals surface area contributed by atoms with Gasteiger partial charge in [0.25, 0.3) is 0 Å². The predicted molar refractivity (Wildman–Crippen MR) is 68.0 cm³/mol. The van der Waals surface area contributed by atoms with Gasteiger partial charge in [-0.1, -0.05) is 6.92 Å². The maximum atomic E-state index is 6.16. The molecular formula is C12H17ClN4. The lowest BCUT2D eigenvalue weighted by molar-refractivity contribution is 0.613. The Labute approximate surface area is 106 Å². The Hall–Kier alpha value is -1.29. The molecule has 0 N–H and O–H groups in total. The molecule has 0 bridgehead atoms. The maximum Gasteiger partial charge on any atom is 0.0613 e. The van der Waals surface area contributed by atoms with Gasteiger partial charge in [-0.25, -0.2) is 0 Å². The summed E-state index contributed by atoms with van der Waals surface area (Å²) in [6.07, 6.45) is 9.66. The van der Waals surface area contributed by atoms with Crippen LogP contribution in [0.1, 0.15) is 29.8 Å². The Balaban J connectivity index is 1.93. The predicted octanol–water partition coefficient (Wildman–Crippen LogP) is 2.55. The minimum Gasteiger partial charge on any atom is -0.276 e. The van der Waals surface area contributed by atoms with E-state index < -0.39 is 0 Å². The van der Waals surface area contributed by atoms with Crippen molar-refractivity contribution < 1.29 is 0 Å². The highest BCUT2D eigenvalue weighted by Gasteiger charge is 2.07. The largest absolute Gasteiger partial charge is 0.276 e. The van der Waals surface area contributed by atoms with Gasteiger partial charge in [0.1, 0.15) is 0 Å². The van der Waals surface area contributed by atoms with Gasteiger partial charge in [-0.05, 0) is 18.4 Å². The van der Waals surface area contributed by atoms with E-state index in [1.165, 1.54) is 5.56 Å². The highest BCUT2D eigenvalue weighted by atomic mass is 35.5. The zero-order valence-corrected chi connectivity index (χ0v) is 10.9. The van der Waals surface area contributed by atoms with Crippen LogP contribution in [-0.2, 0) is 20.0 Å². The van der Waals surface area contributed by atoms with E-state index in [1.807, 2.05) is 41.2 Å². The fraction of sp³-hybridized carbons (Fsp3) is 0.500. The molecule has 2 rings (SSSR count). The Morgan fingerprint density at radius 2 is 2.12 bits per heavy atom. The summed E-state index contributed by atoms with van der Waals surface area (Å²) in [6.45, 7) is 2.93. The van der Waals surface area contributed by atoms with Crippen molar-refractivity contribution in [3.05, 3.63) is 35.9 Å². The number of alkyl halides is 1. The number of nitrogens with zero attached hydrogens (tertiary/aromatic N) is 4. The molecule has 0 aromatic carbocycles. The smallest absolute Gasteiger partial charge is 0.0613 e. The van der Waals surface area contributed by atoms with Crippen molar-refractivity contribution in [2.75, 3.05) is 0 Å². The molecule has 2 aromatic rings. The Morgan fingerprint density at radius 1 is 1.29 bits per heavy atom. The third-order valence-corrected chi connectivity index (χ3v) is 3.32. The van der Waals surface area contributed by atoms with E-state index >= 15 is 0 Å². The van der Waals surface area contributed by atoms with E-state index in [-0.39, 0.29) is 5.38 Å². The van der Waals surface area contributed by atoms with Crippen molar-refractivity contribution in [1.82, 2.24) is 19.6 Å². The molecule has 0 spiro atoms. The minimum absolute atomic E-state index is 0.0714. The normalized spacial score (nSPS) is 12.9. The Bertz CT molecular complexity index is 474. The van der Waals surface area contributed by atoms with E-state index in [2.05, 4.69) is 17.1 Å². The molecule has 17 heavy (non-hydrogen) atoms. The van der Waals surface area contributed by atoms with Crippen LogP contribution in [0.25, 0.3) is 0 Å². The summed E-state index contributed by atoms with van der Waals surface area (Å²) in [4.78, 5) is 0. The molecular weight excluding hydrogens is 236 g/mol. The molecule has 0 radical (unpaired) electrons. The number of aromatic nitrogens is 4. The third-order valence-electron chi connectivity index (χ3n) is 2.76.